The topological polar surface area (TPSA) is 57.7 Å². The molecule has 1 atom stereocenters. The molecule has 106 valence electrons. The zero-order chi connectivity index (χ0) is 14.2. The first kappa shape index (κ1) is 12.8. The number of hydrogen-bond acceptors (Lipinski definition) is 4. The summed E-state index contributed by atoms with van der Waals surface area (Å²) in [6.07, 6.45) is 9.58. The molecule has 6 heteroatoms. The first-order valence-corrected chi connectivity index (χ1v) is 7.77. The maximum absolute atomic E-state index is 4.52. The van der Waals surface area contributed by atoms with Crippen LogP contribution in [0, 0.1) is 0 Å². The highest BCUT2D eigenvalue weighted by Gasteiger charge is 2.28. The smallest absolute Gasteiger partial charge is 0.142 e. The number of hydrogen-bond donors (Lipinski definition) is 1. The Morgan fingerprint density at radius 3 is 3.14 bits per heavy atom. The van der Waals surface area contributed by atoms with E-state index in [9.17, 15) is 0 Å². The van der Waals surface area contributed by atoms with Gasteiger partial charge in [-0.1, -0.05) is 0 Å². The van der Waals surface area contributed by atoms with E-state index in [-0.39, 0.29) is 0 Å². The monoisotopic (exact) mass is 343 g/mol. The SMILES string of the molecule is Brc1cncc(C2CCCN2c2ncnc3[nH]ccc23)c1. The Hall–Kier alpha value is -1.95. The largest absolute Gasteiger partial charge is 0.349 e. The molecule has 0 amide bonds. The molecule has 1 saturated heterocycles. The Morgan fingerprint density at radius 2 is 2.24 bits per heavy atom. The fourth-order valence-electron chi connectivity index (χ4n) is 3.06. The molecule has 1 fully saturated rings. The molecular formula is C15H14BrN5. The third-order valence-corrected chi connectivity index (χ3v) is 4.40. The Kier molecular flexibility index (Phi) is 3.11. The summed E-state index contributed by atoms with van der Waals surface area (Å²) in [6, 6.07) is 4.51. The molecule has 0 aromatic carbocycles. The molecule has 21 heavy (non-hydrogen) atoms. The average Bonchev–Trinajstić information content (AvgIpc) is 3.16. The van der Waals surface area contributed by atoms with E-state index in [1.807, 2.05) is 24.7 Å². The number of rotatable bonds is 2. The van der Waals surface area contributed by atoms with Gasteiger partial charge < -0.3 is 9.88 Å². The summed E-state index contributed by atoms with van der Waals surface area (Å²) in [4.78, 5) is 18.6. The second-order valence-corrected chi connectivity index (χ2v) is 6.14. The fourth-order valence-corrected chi connectivity index (χ4v) is 3.45. The van der Waals surface area contributed by atoms with Gasteiger partial charge >= 0.3 is 0 Å². The fraction of sp³-hybridized carbons (Fsp3) is 0.267. The predicted octanol–water partition coefficient (Wildman–Crippen LogP) is 3.46. The highest BCUT2D eigenvalue weighted by molar-refractivity contribution is 9.10. The molecule has 0 bridgehead atoms. The lowest BCUT2D eigenvalue weighted by Gasteiger charge is -2.26. The highest BCUT2D eigenvalue weighted by atomic mass is 79.9. The summed E-state index contributed by atoms with van der Waals surface area (Å²) >= 11 is 3.51. The van der Waals surface area contributed by atoms with Crippen LogP contribution in [0.5, 0.6) is 0 Å². The molecule has 1 unspecified atom stereocenters. The Labute approximate surface area is 130 Å². The van der Waals surface area contributed by atoms with Crippen molar-refractivity contribution in [3.63, 3.8) is 0 Å². The van der Waals surface area contributed by atoms with E-state index in [0.717, 1.165) is 40.7 Å². The summed E-state index contributed by atoms with van der Waals surface area (Å²) in [7, 11) is 0. The van der Waals surface area contributed by atoms with E-state index in [4.69, 9.17) is 0 Å². The average molecular weight is 344 g/mol. The van der Waals surface area contributed by atoms with E-state index in [1.165, 1.54) is 5.56 Å². The van der Waals surface area contributed by atoms with Gasteiger partial charge in [-0.2, -0.15) is 0 Å². The molecule has 0 saturated carbocycles. The van der Waals surface area contributed by atoms with Gasteiger partial charge in [-0.05, 0) is 46.5 Å². The second kappa shape index (κ2) is 5.11. The molecular weight excluding hydrogens is 330 g/mol. The van der Waals surface area contributed by atoms with Crippen LogP contribution in [0.3, 0.4) is 0 Å². The van der Waals surface area contributed by atoms with Gasteiger partial charge in [-0.3, -0.25) is 4.98 Å². The third kappa shape index (κ3) is 2.19. The van der Waals surface area contributed by atoms with Crippen LogP contribution in [0.25, 0.3) is 11.0 Å². The van der Waals surface area contributed by atoms with Crippen molar-refractivity contribution < 1.29 is 0 Å². The number of pyridine rings is 1. The van der Waals surface area contributed by atoms with Crippen molar-refractivity contribution in [2.75, 3.05) is 11.4 Å². The van der Waals surface area contributed by atoms with Crippen LogP contribution >= 0.6 is 15.9 Å². The predicted molar refractivity (Wildman–Crippen MR) is 85.1 cm³/mol. The number of anilines is 1. The number of halogens is 1. The van der Waals surface area contributed by atoms with Crippen LogP contribution in [0.1, 0.15) is 24.4 Å². The van der Waals surface area contributed by atoms with Crippen molar-refractivity contribution in [2.45, 2.75) is 18.9 Å². The molecule has 3 aromatic rings. The van der Waals surface area contributed by atoms with E-state index in [2.05, 4.69) is 46.8 Å². The van der Waals surface area contributed by atoms with Crippen LogP contribution in [-0.4, -0.2) is 26.5 Å². The highest BCUT2D eigenvalue weighted by Crippen LogP contribution is 2.37. The zero-order valence-electron chi connectivity index (χ0n) is 11.3. The molecule has 3 aromatic heterocycles. The summed E-state index contributed by atoms with van der Waals surface area (Å²) in [6.45, 7) is 1.01. The van der Waals surface area contributed by atoms with Crippen molar-refractivity contribution >= 4 is 32.8 Å². The molecule has 1 aliphatic rings. The summed E-state index contributed by atoms with van der Waals surface area (Å²) in [5, 5.41) is 1.08. The van der Waals surface area contributed by atoms with Crippen molar-refractivity contribution in [3.05, 3.63) is 47.1 Å². The van der Waals surface area contributed by atoms with Crippen molar-refractivity contribution in [1.82, 2.24) is 19.9 Å². The minimum atomic E-state index is 0.322. The normalized spacial score (nSPS) is 18.5. The first-order chi connectivity index (χ1) is 10.3. The molecule has 4 rings (SSSR count). The van der Waals surface area contributed by atoms with Gasteiger partial charge in [-0.15, -0.1) is 0 Å². The summed E-state index contributed by atoms with van der Waals surface area (Å²) < 4.78 is 1.02. The standard InChI is InChI=1S/C15H14BrN5/c16-11-6-10(7-17-8-11)13-2-1-5-21(13)15-12-3-4-18-14(12)19-9-20-15/h3-4,6-9,13H,1-2,5H2,(H,18,19,20). The molecule has 0 aliphatic carbocycles. The summed E-state index contributed by atoms with van der Waals surface area (Å²) in [5.41, 5.74) is 2.11. The zero-order valence-corrected chi connectivity index (χ0v) is 12.9. The van der Waals surface area contributed by atoms with Crippen LogP contribution in [0.2, 0.25) is 0 Å². The van der Waals surface area contributed by atoms with Gasteiger partial charge in [0.1, 0.15) is 17.8 Å². The number of nitrogens with one attached hydrogen (secondary N) is 1. The lowest BCUT2D eigenvalue weighted by Crippen LogP contribution is -2.24. The molecule has 5 nitrogen and oxygen atoms in total. The van der Waals surface area contributed by atoms with Gasteiger partial charge in [0.2, 0.25) is 0 Å². The van der Waals surface area contributed by atoms with Crippen LogP contribution in [0.4, 0.5) is 5.82 Å². The van der Waals surface area contributed by atoms with Gasteiger partial charge in [0.15, 0.2) is 0 Å². The Morgan fingerprint density at radius 1 is 1.29 bits per heavy atom. The number of aromatic nitrogens is 4. The van der Waals surface area contributed by atoms with E-state index in [1.54, 1.807) is 6.33 Å². The number of aromatic amines is 1. The van der Waals surface area contributed by atoms with Crippen LogP contribution < -0.4 is 4.90 Å². The molecule has 1 N–H and O–H groups in total. The van der Waals surface area contributed by atoms with Crippen LogP contribution in [-0.2, 0) is 0 Å². The molecule has 0 radical (unpaired) electrons. The van der Waals surface area contributed by atoms with Gasteiger partial charge in [-0.25, -0.2) is 9.97 Å². The minimum absolute atomic E-state index is 0.322. The second-order valence-electron chi connectivity index (χ2n) is 5.23. The van der Waals surface area contributed by atoms with E-state index >= 15 is 0 Å². The lowest BCUT2D eigenvalue weighted by atomic mass is 10.1. The third-order valence-electron chi connectivity index (χ3n) is 3.97. The Balaban J connectivity index is 1.78. The Bertz CT molecular complexity index is 784. The van der Waals surface area contributed by atoms with Crippen LogP contribution in [0.15, 0.2) is 41.5 Å². The number of fused-ring (bicyclic) bond motifs is 1. The maximum atomic E-state index is 4.52. The van der Waals surface area contributed by atoms with Gasteiger partial charge in [0.25, 0.3) is 0 Å². The molecule has 0 spiro atoms. The van der Waals surface area contributed by atoms with E-state index < -0.39 is 0 Å². The van der Waals surface area contributed by atoms with Crippen molar-refractivity contribution in [2.24, 2.45) is 0 Å². The number of H-pyrrole nitrogens is 1. The maximum Gasteiger partial charge on any atom is 0.142 e. The van der Waals surface area contributed by atoms with Crippen molar-refractivity contribution in [1.29, 1.82) is 0 Å². The first-order valence-electron chi connectivity index (χ1n) is 6.98. The molecule has 1 aliphatic heterocycles. The quantitative estimate of drug-likeness (QED) is 0.774. The molecule has 4 heterocycles. The lowest BCUT2D eigenvalue weighted by molar-refractivity contribution is 0.709. The minimum Gasteiger partial charge on any atom is -0.349 e. The van der Waals surface area contributed by atoms with E-state index in [0.29, 0.717) is 6.04 Å². The van der Waals surface area contributed by atoms with Gasteiger partial charge in [0.05, 0.1) is 11.4 Å². The number of nitrogens with zero attached hydrogens (tertiary/aromatic N) is 4. The summed E-state index contributed by atoms with van der Waals surface area (Å²) in [5.74, 6) is 1.00. The van der Waals surface area contributed by atoms with Crippen molar-refractivity contribution in [3.8, 4) is 0 Å². The van der Waals surface area contributed by atoms with Gasteiger partial charge in [0, 0.05) is 29.6 Å².